The lowest BCUT2D eigenvalue weighted by Crippen LogP contribution is -2.53. The molecule has 1 aliphatic carbocycles. The van der Waals surface area contributed by atoms with Crippen LogP contribution in [0.5, 0.6) is 5.75 Å². The number of anilines is 3. The number of hydrogen-bond acceptors (Lipinski definition) is 9. The lowest BCUT2D eigenvalue weighted by Gasteiger charge is -2.42. The number of ether oxygens (including phenoxy) is 1. The van der Waals surface area contributed by atoms with Crippen LogP contribution in [-0.4, -0.2) is 107 Å². The summed E-state index contributed by atoms with van der Waals surface area (Å²) in [6.45, 7) is 3.05. The van der Waals surface area contributed by atoms with Gasteiger partial charge in [-0.3, -0.25) is 34.2 Å². The summed E-state index contributed by atoms with van der Waals surface area (Å²) in [5.74, 6) is -3.96. The fourth-order valence-corrected chi connectivity index (χ4v) is 8.57. The number of methoxy groups -OCH3 is 1. The van der Waals surface area contributed by atoms with Crippen LogP contribution in [-0.2, 0) is 15.8 Å². The Morgan fingerprint density at radius 1 is 0.932 bits per heavy atom. The molecule has 4 aliphatic rings. The smallest absolute Gasteiger partial charge is 0.433 e. The number of nitrogens with zero attached hydrogens (tertiary/aromatic N) is 7. The van der Waals surface area contributed by atoms with Gasteiger partial charge >= 0.3 is 12.2 Å². The minimum Gasteiger partial charge on any atom is -0.494 e. The Morgan fingerprint density at radius 2 is 1.66 bits per heavy atom. The van der Waals surface area contributed by atoms with E-state index in [1.165, 1.54) is 12.1 Å². The normalized spacial score (nSPS) is 22.8. The molecule has 1 atom stereocenters. The van der Waals surface area contributed by atoms with Crippen LogP contribution in [0.3, 0.4) is 0 Å². The van der Waals surface area contributed by atoms with Gasteiger partial charge in [0, 0.05) is 81.6 Å². The van der Waals surface area contributed by atoms with Gasteiger partial charge in [0.15, 0.2) is 11.6 Å². The number of hydrogen-bond donors (Lipinski definition) is 2. The predicted octanol–water partition coefficient (Wildman–Crippen LogP) is 5.59. The second-order valence-corrected chi connectivity index (χ2v) is 15.2. The maximum atomic E-state index is 15.2. The molecule has 8 rings (SSSR count). The number of urea groups is 1. The molecule has 2 N–H and O–H groups in total. The Labute approximate surface area is 339 Å². The van der Waals surface area contributed by atoms with Crippen molar-refractivity contribution in [2.45, 2.75) is 56.8 Å². The van der Waals surface area contributed by atoms with Gasteiger partial charge in [-0.25, -0.2) is 18.6 Å². The Morgan fingerprint density at radius 3 is 2.36 bits per heavy atom. The van der Waals surface area contributed by atoms with Gasteiger partial charge < -0.3 is 19.9 Å². The first-order valence-corrected chi connectivity index (χ1v) is 19.4. The van der Waals surface area contributed by atoms with Crippen LogP contribution in [0.25, 0.3) is 10.9 Å². The van der Waals surface area contributed by atoms with Crippen LogP contribution in [0, 0.1) is 17.6 Å². The molecule has 5 amide bonds. The number of nitrogens with one attached hydrogen (secondary N) is 2. The summed E-state index contributed by atoms with van der Waals surface area (Å²) in [6, 6.07) is 7.42. The van der Waals surface area contributed by atoms with Crippen molar-refractivity contribution >= 4 is 51.7 Å². The van der Waals surface area contributed by atoms with E-state index in [9.17, 15) is 32.3 Å². The van der Waals surface area contributed by atoms with E-state index in [2.05, 4.69) is 25.6 Å². The summed E-state index contributed by atoms with van der Waals surface area (Å²) >= 11 is 0. The largest absolute Gasteiger partial charge is 0.494 e. The number of pyridine rings is 1. The minimum atomic E-state index is -4.77. The molecule has 0 radical (unpaired) electrons. The number of benzene rings is 2. The molecule has 19 heteroatoms. The number of rotatable bonds is 8. The quantitative estimate of drug-likeness (QED) is 0.217. The molecule has 59 heavy (non-hydrogen) atoms. The zero-order valence-corrected chi connectivity index (χ0v) is 31.6. The molecular weight excluding hydrogens is 781 g/mol. The van der Waals surface area contributed by atoms with Crippen molar-refractivity contribution in [2.24, 2.45) is 5.92 Å². The van der Waals surface area contributed by atoms with E-state index in [4.69, 9.17) is 8.85 Å². The summed E-state index contributed by atoms with van der Waals surface area (Å²) in [7, 11) is -2.90. The Hall–Kier alpha value is -5.85. The van der Waals surface area contributed by atoms with Gasteiger partial charge in [-0.05, 0) is 62.4 Å². The fourth-order valence-electron chi connectivity index (χ4n) is 8.57. The molecule has 1 saturated carbocycles. The second kappa shape index (κ2) is 16.1. The Bertz CT molecular complexity index is 2380. The monoisotopic (exact) mass is 826 g/mol. The summed E-state index contributed by atoms with van der Waals surface area (Å²) < 4.78 is 99.9. The standard InChI is InChI=1S/C40H42F5N9O5/c1-59-33-20-31-24(17-32(33)47-37(56)30-3-2-4-34(46-30)40(43,44)45)22-54(49-31)26-7-5-25(6-8-26)50-13-15-51(16-14-50)38(57)23-9-11-52(21-23)27-18-28(41)36(29(42)19-27)53-12-10-35(55)48-39(53)58/h2-4,17-20,22-23,25-26H,5-16,21H2,1H3,(H,47,56)(H,48,55,58)/t23-,25?,26?/m1/s1/i1D3. The molecule has 4 fully saturated rings. The Kier molecular flexibility index (Phi) is 9.87. The zero-order chi connectivity index (χ0) is 44.1. The van der Waals surface area contributed by atoms with Crippen molar-refractivity contribution < 1.29 is 50.0 Å². The number of imide groups is 1. The molecule has 3 saturated heterocycles. The number of fused-ring (bicyclic) bond motifs is 1. The highest BCUT2D eigenvalue weighted by Gasteiger charge is 2.37. The van der Waals surface area contributed by atoms with Crippen molar-refractivity contribution in [1.29, 1.82) is 0 Å². The van der Waals surface area contributed by atoms with Gasteiger partial charge in [0.1, 0.15) is 22.8 Å². The third-order valence-electron chi connectivity index (χ3n) is 11.7. The highest BCUT2D eigenvalue weighted by Crippen LogP contribution is 2.37. The second-order valence-electron chi connectivity index (χ2n) is 15.2. The van der Waals surface area contributed by atoms with Crippen LogP contribution < -0.4 is 25.2 Å². The number of halogens is 5. The van der Waals surface area contributed by atoms with Crippen LogP contribution in [0.2, 0.25) is 0 Å². The summed E-state index contributed by atoms with van der Waals surface area (Å²) in [5, 5.41) is 9.74. The molecule has 2 aromatic heterocycles. The van der Waals surface area contributed by atoms with E-state index >= 15 is 8.78 Å². The first-order chi connectivity index (χ1) is 29.4. The van der Waals surface area contributed by atoms with Crippen molar-refractivity contribution in [3.8, 4) is 5.75 Å². The van der Waals surface area contributed by atoms with Gasteiger partial charge in [-0.15, -0.1) is 0 Å². The first kappa shape index (κ1) is 36.2. The molecule has 0 unspecified atom stereocenters. The maximum absolute atomic E-state index is 15.2. The van der Waals surface area contributed by atoms with Crippen LogP contribution >= 0.6 is 0 Å². The van der Waals surface area contributed by atoms with E-state index in [1.54, 1.807) is 15.8 Å². The predicted molar refractivity (Wildman–Crippen MR) is 205 cm³/mol. The van der Waals surface area contributed by atoms with E-state index in [0.717, 1.165) is 60.9 Å². The lowest BCUT2D eigenvalue weighted by atomic mass is 9.90. The lowest BCUT2D eigenvalue weighted by molar-refractivity contribution is -0.141. The van der Waals surface area contributed by atoms with Gasteiger partial charge in [0.05, 0.1) is 34.3 Å². The zero-order valence-electron chi connectivity index (χ0n) is 34.6. The van der Waals surface area contributed by atoms with Crippen LogP contribution in [0.15, 0.2) is 48.7 Å². The average Bonchev–Trinajstić information content (AvgIpc) is 3.89. The van der Waals surface area contributed by atoms with Crippen LogP contribution in [0.4, 0.5) is 43.8 Å². The molecule has 3 aliphatic heterocycles. The van der Waals surface area contributed by atoms with Gasteiger partial charge in [0.2, 0.25) is 11.8 Å². The fraction of sp³-hybridized carbons (Fsp3) is 0.450. The molecule has 4 aromatic rings. The molecule has 5 heterocycles. The van der Waals surface area contributed by atoms with E-state index in [1.807, 2.05) is 4.90 Å². The molecule has 14 nitrogen and oxygen atoms in total. The number of piperazine rings is 1. The molecule has 0 bridgehead atoms. The summed E-state index contributed by atoms with van der Waals surface area (Å²) in [4.78, 5) is 60.6. The van der Waals surface area contributed by atoms with Crippen LogP contribution in [0.1, 0.15) is 64.9 Å². The average molecular weight is 827 g/mol. The number of amides is 5. The van der Waals surface area contributed by atoms with Gasteiger partial charge in [0.25, 0.3) is 5.91 Å². The summed E-state index contributed by atoms with van der Waals surface area (Å²) in [5.41, 5.74) is -1.71. The number of carbonyl (C=O) groups is 4. The topological polar surface area (TPSA) is 145 Å². The van der Waals surface area contributed by atoms with Crippen molar-refractivity contribution in [3.63, 3.8) is 0 Å². The molecule has 2 aromatic carbocycles. The third-order valence-corrected chi connectivity index (χ3v) is 11.7. The van der Waals surface area contributed by atoms with Crippen molar-refractivity contribution in [3.05, 3.63) is 71.7 Å². The molecule has 312 valence electrons. The Balaban J connectivity index is 0.848. The van der Waals surface area contributed by atoms with Crippen molar-refractivity contribution in [1.82, 2.24) is 29.9 Å². The third kappa shape index (κ3) is 8.24. The number of alkyl halides is 3. The highest BCUT2D eigenvalue weighted by atomic mass is 19.4. The SMILES string of the molecule is [2H]C([2H])([2H])Oc1cc2nn(C3CCC(N4CCN(C(=O)[C@@H]5CCN(c6cc(F)c(N7CCC(=O)NC7=O)c(F)c6)C5)CC4)CC3)cc2cc1NC(=O)c1cccc(C(F)(F)F)n1. The molecular formula is C40H42F5N9O5. The van der Waals surface area contributed by atoms with Crippen molar-refractivity contribution in [2.75, 3.05) is 68.0 Å². The number of carbonyl (C=O) groups excluding carboxylic acids is 4. The van der Waals surface area contributed by atoms with Gasteiger partial charge in [-0.2, -0.15) is 18.3 Å². The summed E-state index contributed by atoms with van der Waals surface area (Å²) in [6.07, 6.45) is 0.729. The van der Waals surface area contributed by atoms with E-state index < -0.39 is 59.8 Å². The van der Waals surface area contributed by atoms with Gasteiger partial charge in [-0.1, -0.05) is 6.07 Å². The van der Waals surface area contributed by atoms with E-state index in [-0.39, 0.29) is 54.0 Å². The maximum Gasteiger partial charge on any atom is 0.433 e. The minimum absolute atomic E-state index is 0.00343. The highest BCUT2D eigenvalue weighted by molar-refractivity contribution is 6.06. The number of aromatic nitrogens is 3. The van der Waals surface area contributed by atoms with E-state index in [0.29, 0.717) is 56.6 Å². The first-order valence-electron chi connectivity index (χ1n) is 20.9. The molecule has 0 spiro atoms.